The van der Waals surface area contributed by atoms with Gasteiger partial charge in [-0.25, -0.2) is 4.79 Å². The van der Waals surface area contributed by atoms with Gasteiger partial charge in [-0.3, -0.25) is 9.78 Å². The molecule has 0 aromatic carbocycles. The number of ether oxygens (including phenoxy) is 1. The lowest BCUT2D eigenvalue weighted by Crippen LogP contribution is -2.22. The number of nitrogens with one attached hydrogen (secondary N) is 1. The second-order valence-corrected chi connectivity index (χ2v) is 5.19. The molecule has 0 bridgehead atoms. The Labute approximate surface area is 120 Å². The predicted octanol–water partition coefficient (Wildman–Crippen LogP) is 2.17. The van der Waals surface area contributed by atoms with Crippen molar-refractivity contribution in [3.8, 4) is 0 Å². The molecule has 0 radical (unpaired) electrons. The third-order valence-electron chi connectivity index (χ3n) is 2.59. The van der Waals surface area contributed by atoms with E-state index in [1.165, 1.54) is 7.11 Å². The highest BCUT2D eigenvalue weighted by Crippen LogP contribution is 2.17. The van der Waals surface area contributed by atoms with Crippen molar-refractivity contribution < 1.29 is 14.3 Å². The molecule has 0 unspecified atom stereocenters. The average Bonchev–Trinajstić information content (AvgIpc) is 2.94. The van der Waals surface area contributed by atoms with Crippen molar-refractivity contribution >= 4 is 23.2 Å². The quantitative estimate of drug-likeness (QED) is 0.876. The second-order valence-electron chi connectivity index (χ2n) is 4.11. The molecule has 104 valence electrons. The van der Waals surface area contributed by atoms with Crippen molar-refractivity contribution in [1.29, 1.82) is 0 Å². The van der Waals surface area contributed by atoms with Crippen LogP contribution in [0.2, 0.25) is 0 Å². The zero-order chi connectivity index (χ0) is 14.5. The van der Waals surface area contributed by atoms with Gasteiger partial charge in [-0.1, -0.05) is 6.07 Å². The van der Waals surface area contributed by atoms with Gasteiger partial charge in [-0.15, -0.1) is 11.3 Å². The molecule has 0 atom stereocenters. The number of thiophene rings is 1. The molecule has 0 aliphatic rings. The van der Waals surface area contributed by atoms with Crippen molar-refractivity contribution in [2.45, 2.75) is 13.5 Å². The molecule has 2 rings (SSSR count). The van der Waals surface area contributed by atoms with Crippen LogP contribution in [0.3, 0.4) is 0 Å². The number of aryl methyl sites for hydroxylation is 1. The Hall–Kier alpha value is -2.21. The molecule has 0 saturated carbocycles. The maximum Gasteiger partial charge on any atom is 0.348 e. The van der Waals surface area contributed by atoms with E-state index in [0.29, 0.717) is 16.3 Å². The SMILES string of the molecule is COC(=O)c1ccc(C(=O)NCc2cccc(C)n2)s1. The Balaban J connectivity index is 1.98. The molecule has 1 amide bonds. The van der Waals surface area contributed by atoms with Crippen LogP contribution >= 0.6 is 11.3 Å². The van der Waals surface area contributed by atoms with E-state index in [2.05, 4.69) is 15.0 Å². The second kappa shape index (κ2) is 6.29. The van der Waals surface area contributed by atoms with Crippen molar-refractivity contribution in [2.75, 3.05) is 7.11 Å². The van der Waals surface area contributed by atoms with Gasteiger partial charge in [0.2, 0.25) is 0 Å². The van der Waals surface area contributed by atoms with Gasteiger partial charge >= 0.3 is 5.97 Å². The smallest absolute Gasteiger partial charge is 0.348 e. The van der Waals surface area contributed by atoms with Crippen LogP contribution in [-0.2, 0) is 11.3 Å². The van der Waals surface area contributed by atoms with E-state index in [-0.39, 0.29) is 5.91 Å². The summed E-state index contributed by atoms with van der Waals surface area (Å²) in [7, 11) is 1.31. The van der Waals surface area contributed by atoms with Crippen LogP contribution in [0.4, 0.5) is 0 Å². The molecule has 6 heteroatoms. The zero-order valence-electron chi connectivity index (χ0n) is 11.2. The Morgan fingerprint density at radius 3 is 2.70 bits per heavy atom. The molecule has 20 heavy (non-hydrogen) atoms. The molecule has 0 fully saturated rings. The largest absolute Gasteiger partial charge is 0.465 e. The first kappa shape index (κ1) is 14.2. The van der Waals surface area contributed by atoms with E-state index in [0.717, 1.165) is 22.7 Å². The van der Waals surface area contributed by atoms with E-state index < -0.39 is 5.97 Å². The van der Waals surface area contributed by atoms with Crippen LogP contribution in [-0.4, -0.2) is 24.0 Å². The first-order chi connectivity index (χ1) is 9.60. The van der Waals surface area contributed by atoms with Crippen molar-refractivity contribution in [3.63, 3.8) is 0 Å². The average molecular weight is 290 g/mol. The number of nitrogens with zero attached hydrogens (tertiary/aromatic N) is 1. The normalized spacial score (nSPS) is 10.1. The lowest BCUT2D eigenvalue weighted by Gasteiger charge is -2.03. The van der Waals surface area contributed by atoms with Gasteiger partial charge in [0, 0.05) is 5.69 Å². The Morgan fingerprint density at radius 2 is 2.00 bits per heavy atom. The fourth-order valence-corrected chi connectivity index (χ4v) is 2.47. The summed E-state index contributed by atoms with van der Waals surface area (Å²) in [5, 5.41) is 2.77. The molecule has 2 heterocycles. The molecular weight excluding hydrogens is 276 g/mol. The highest BCUT2D eigenvalue weighted by atomic mass is 32.1. The number of carbonyl (C=O) groups excluding carboxylic acids is 2. The van der Waals surface area contributed by atoms with Crippen LogP contribution in [0.5, 0.6) is 0 Å². The van der Waals surface area contributed by atoms with Crippen molar-refractivity contribution in [3.05, 3.63) is 51.5 Å². The summed E-state index contributed by atoms with van der Waals surface area (Å²) < 4.78 is 4.60. The minimum atomic E-state index is -0.436. The lowest BCUT2D eigenvalue weighted by molar-refractivity contribution is 0.0606. The van der Waals surface area contributed by atoms with Crippen LogP contribution in [0.1, 0.15) is 30.7 Å². The number of amides is 1. The summed E-state index contributed by atoms with van der Waals surface area (Å²) in [5.74, 6) is -0.664. The molecule has 2 aromatic heterocycles. The van der Waals surface area contributed by atoms with Gasteiger partial charge in [-0.05, 0) is 31.2 Å². The third-order valence-corrected chi connectivity index (χ3v) is 3.66. The number of hydrogen-bond donors (Lipinski definition) is 1. The number of aromatic nitrogens is 1. The van der Waals surface area contributed by atoms with Crippen LogP contribution in [0, 0.1) is 6.92 Å². The number of methoxy groups -OCH3 is 1. The number of esters is 1. The molecule has 2 aromatic rings. The van der Waals surface area contributed by atoms with Crippen LogP contribution in [0.25, 0.3) is 0 Å². The van der Waals surface area contributed by atoms with Crippen LogP contribution in [0.15, 0.2) is 30.3 Å². The molecular formula is C14H14N2O3S. The number of pyridine rings is 1. The van der Waals surface area contributed by atoms with Gasteiger partial charge in [0.05, 0.1) is 24.2 Å². The number of rotatable bonds is 4. The minimum absolute atomic E-state index is 0.228. The molecule has 0 spiro atoms. The highest BCUT2D eigenvalue weighted by Gasteiger charge is 2.13. The molecule has 5 nitrogen and oxygen atoms in total. The van der Waals surface area contributed by atoms with E-state index in [9.17, 15) is 9.59 Å². The Bertz CT molecular complexity index is 637. The zero-order valence-corrected chi connectivity index (χ0v) is 12.0. The number of carbonyl (C=O) groups is 2. The fourth-order valence-electron chi connectivity index (χ4n) is 1.63. The number of hydrogen-bond acceptors (Lipinski definition) is 5. The summed E-state index contributed by atoms with van der Waals surface area (Å²) in [6, 6.07) is 8.82. The molecule has 0 aliphatic heterocycles. The van der Waals surface area contributed by atoms with Crippen molar-refractivity contribution in [1.82, 2.24) is 10.3 Å². The topological polar surface area (TPSA) is 68.3 Å². The monoisotopic (exact) mass is 290 g/mol. The summed E-state index contributed by atoms with van der Waals surface area (Å²) in [5.41, 5.74) is 1.70. The van der Waals surface area contributed by atoms with Gasteiger partial charge in [0.15, 0.2) is 0 Å². The minimum Gasteiger partial charge on any atom is -0.465 e. The van der Waals surface area contributed by atoms with Gasteiger partial charge in [-0.2, -0.15) is 0 Å². The Kier molecular flexibility index (Phi) is 4.47. The van der Waals surface area contributed by atoms with E-state index >= 15 is 0 Å². The molecule has 0 aliphatic carbocycles. The molecule has 1 N–H and O–H groups in total. The van der Waals surface area contributed by atoms with E-state index in [1.807, 2.05) is 25.1 Å². The fraction of sp³-hybridized carbons (Fsp3) is 0.214. The van der Waals surface area contributed by atoms with E-state index in [4.69, 9.17) is 0 Å². The third kappa shape index (κ3) is 3.42. The first-order valence-corrected chi connectivity index (χ1v) is 6.80. The summed E-state index contributed by atoms with van der Waals surface area (Å²) in [6.45, 7) is 2.25. The predicted molar refractivity (Wildman–Crippen MR) is 75.8 cm³/mol. The molecule has 0 saturated heterocycles. The standard InChI is InChI=1S/C14H14N2O3S/c1-9-4-3-5-10(16-9)8-15-13(17)11-6-7-12(20-11)14(18)19-2/h3-7H,8H2,1-2H3,(H,15,17). The Morgan fingerprint density at radius 1 is 1.25 bits per heavy atom. The summed E-state index contributed by atoms with van der Waals surface area (Å²) in [4.78, 5) is 28.4. The maximum absolute atomic E-state index is 11.9. The van der Waals surface area contributed by atoms with Crippen LogP contribution < -0.4 is 5.32 Å². The van der Waals surface area contributed by atoms with Crippen molar-refractivity contribution in [2.24, 2.45) is 0 Å². The maximum atomic E-state index is 11.9. The van der Waals surface area contributed by atoms with Gasteiger partial charge in [0.1, 0.15) is 4.88 Å². The van der Waals surface area contributed by atoms with Gasteiger partial charge in [0.25, 0.3) is 5.91 Å². The van der Waals surface area contributed by atoms with Gasteiger partial charge < -0.3 is 10.1 Å². The van der Waals surface area contributed by atoms with E-state index in [1.54, 1.807) is 12.1 Å². The lowest BCUT2D eigenvalue weighted by atomic mass is 10.3. The summed E-state index contributed by atoms with van der Waals surface area (Å²) >= 11 is 1.10. The summed E-state index contributed by atoms with van der Waals surface area (Å²) in [6.07, 6.45) is 0. The first-order valence-electron chi connectivity index (χ1n) is 5.99. The highest BCUT2D eigenvalue weighted by molar-refractivity contribution is 7.15.